The molecular weight excluding hydrogens is 416 g/mol. The number of nitrogens with zero attached hydrogens (tertiary/aromatic N) is 3. The Morgan fingerprint density at radius 3 is 2.15 bits per heavy atom. The van der Waals surface area contributed by atoms with E-state index in [2.05, 4.69) is 41.1 Å². The SMILES string of the molecule is CCCOc1ccc(C2=C(Nc3ccc(N4CCN(CC)CC4)cc3)C(=O)N(C)C2=O)cc1. The first-order valence-electron chi connectivity index (χ1n) is 11.7. The average Bonchev–Trinajstić information content (AvgIpc) is 3.07. The van der Waals surface area contributed by atoms with E-state index in [9.17, 15) is 9.59 Å². The second kappa shape index (κ2) is 10.1. The molecule has 2 heterocycles. The van der Waals surface area contributed by atoms with Gasteiger partial charge in [-0.15, -0.1) is 0 Å². The number of carbonyl (C=O) groups excluding carboxylic acids is 2. The molecule has 1 saturated heterocycles. The van der Waals surface area contributed by atoms with Crippen LogP contribution in [0.3, 0.4) is 0 Å². The second-order valence-corrected chi connectivity index (χ2v) is 8.39. The standard InChI is InChI=1S/C26H32N4O3/c1-4-18-33-22-12-6-19(7-13-22)23-24(26(32)28(3)25(23)31)27-20-8-10-21(11-9-20)30-16-14-29(5-2)15-17-30/h6-13,27H,4-5,14-18H2,1-3H3. The molecule has 0 bridgehead atoms. The fraction of sp³-hybridized carbons (Fsp3) is 0.385. The molecule has 2 aliphatic heterocycles. The van der Waals surface area contributed by atoms with Crippen LogP contribution in [0, 0.1) is 0 Å². The first-order chi connectivity index (χ1) is 16.0. The molecule has 0 atom stereocenters. The number of benzene rings is 2. The molecular formula is C26H32N4O3. The Balaban J connectivity index is 1.53. The molecule has 0 unspecified atom stereocenters. The third kappa shape index (κ3) is 4.88. The number of hydrogen-bond acceptors (Lipinski definition) is 6. The largest absolute Gasteiger partial charge is 0.494 e. The van der Waals surface area contributed by atoms with Crippen molar-refractivity contribution in [1.29, 1.82) is 0 Å². The van der Waals surface area contributed by atoms with Crippen LogP contribution in [0.1, 0.15) is 25.8 Å². The molecule has 0 aromatic heterocycles. The maximum absolute atomic E-state index is 12.9. The van der Waals surface area contributed by atoms with Crippen molar-refractivity contribution >= 4 is 28.8 Å². The predicted octanol–water partition coefficient (Wildman–Crippen LogP) is 3.44. The highest BCUT2D eigenvalue weighted by atomic mass is 16.5. The van der Waals surface area contributed by atoms with Gasteiger partial charge in [-0.3, -0.25) is 14.5 Å². The summed E-state index contributed by atoms with van der Waals surface area (Å²) < 4.78 is 5.64. The zero-order chi connectivity index (χ0) is 23.4. The number of rotatable bonds is 8. The normalized spacial score (nSPS) is 17.2. The van der Waals surface area contributed by atoms with Crippen LogP contribution in [-0.2, 0) is 9.59 Å². The van der Waals surface area contributed by atoms with Gasteiger partial charge in [0.1, 0.15) is 11.4 Å². The van der Waals surface area contributed by atoms with Crippen LogP contribution < -0.4 is 15.0 Å². The number of ether oxygens (including phenoxy) is 1. The van der Waals surface area contributed by atoms with E-state index in [1.807, 2.05) is 36.4 Å². The minimum atomic E-state index is -0.332. The molecule has 2 amide bonds. The Kier molecular flexibility index (Phi) is 6.99. The number of imide groups is 1. The number of piperazine rings is 1. The lowest BCUT2D eigenvalue weighted by Gasteiger charge is -2.35. The summed E-state index contributed by atoms with van der Waals surface area (Å²) in [6, 6.07) is 15.4. The summed E-state index contributed by atoms with van der Waals surface area (Å²) in [5.74, 6) is 0.104. The summed E-state index contributed by atoms with van der Waals surface area (Å²) in [6.45, 7) is 10.1. The van der Waals surface area contributed by atoms with Gasteiger partial charge >= 0.3 is 0 Å². The Morgan fingerprint density at radius 1 is 0.879 bits per heavy atom. The van der Waals surface area contributed by atoms with Crippen LogP contribution in [0.2, 0.25) is 0 Å². The fourth-order valence-corrected chi connectivity index (χ4v) is 4.19. The number of hydrogen-bond donors (Lipinski definition) is 1. The van der Waals surface area contributed by atoms with Crippen LogP contribution in [0.4, 0.5) is 11.4 Å². The van der Waals surface area contributed by atoms with Gasteiger partial charge in [0.05, 0.1) is 12.2 Å². The summed E-state index contributed by atoms with van der Waals surface area (Å²) >= 11 is 0. The van der Waals surface area contributed by atoms with Crippen molar-refractivity contribution in [3.8, 4) is 5.75 Å². The first-order valence-corrected chi connectivity index (χ1v) is 11.7. The van der Waals surface area contributed by atoms with E-state index in [1.165, 1.54) is 12.7 Å². The molecule has 1 N–H and O–H groups in total. The predicted molar refractivity (Wildman–Crippen MR) is 131 cm³/mol. The van der Waals surface area contributed by atoms with Crippen molar-refractivity contribution in [3.63, 3.8) is 0 Å². The van der Waals surface area contributed by atoms with E-state index >= 15 is 0 Å². The van der Waals surface area contributed by atoms with Gasteiger partial charge in [-0.25, -0.2) is 0 Å². The van der Waals surface area contributed by atoms with Crippen molar-refractivity contribution in [2.75, 3.05) is 56.6 Å². The molecule has 0 aliphatic carbocycles. The van der Waals surface area contributed by atoms with Crippen LogP contribution in [0.15, 0.2) is 54.2 Å². The van der Waals surface area contributed by atoms with E-state index in [1.54, 1.807) is 0 Å². The van der Waals surface area contributed by atoms with E-state index < -0.39 is 0 Å². The van der Waals surface area contributed by atoms with Crippen LogP contribution in [-0.4, -0.2) is 68.0 Å². The Hall–Kier alpha value is -3.32. The molecule has 33 heavy (non-hydrogen) atoms. The maximum atomic E-state index is 12.9. The summed E-state index contributed by atoms with van der Waals surface area (Å²) in [5.41, 5.74) is 3.31. The van der Waals surface area contributed by atoms with Gasteiger partial charge in [0.25, 0.3) is 11.8 Å². The lowest BCUT2D eigenvalue weighted by Crippen LogP contribution is -2.46. The zero-order valence-electron chi connectivity index (χ0n) is 19.6. The molecule has 2 aromatic rings. The van der Waals surface area contributed by atoms with Crippen molar-refractivity contribution in [2.24, 2.45) is 0 Å². The molecule has 2 aromatic carbocycles. The Labute approximate surface area is 195 Å². The first kappa shape index (κ1) is 22.9. The molecule has 0 spiro atoms. The maximum Gasteiger partial charge on any atom is 0.277 e. The van der Waals surface area contributed by atoms with Crippen LogP contribution in [0.5, 0.6) is 5.75 Å². The number of carbonyl (C=O) groups is 2. The third-order valence-corrected chi connectivity index (χ3v) is 6.22. The minimum absolute atomic E-state index is 0.300. The van der Waals surface area contributed by atoms with Crippen molar-refractivity contribution in [1.82, 2.24) is 9.80 Å². The van der Waals surface area contributed by atoms with Gasteiger partial charge in [0, 0.05) is 44.6 Å². The number of amides is 2. The summed E-state index contributed by atoms with van der Waals surface area (Å²) in [4.78, 5) is 31.7. The zero-order valence-corrected chi connectivity index (χ0v) is 19.6. The van der Waals surface area contributed by atoms with Gasteiger partial charge in [0.2, 0.25) is 0 Å². The summed E-state index contributed by atoms with van der Waals surface area (Å²) in [6.07, 6.45) is 0.923. The highest BCUT2D eigenvalue weighted by Crippen LogP contribution is 2.31. The molecule has 1 fully saturated rings. The van der Waals surface area contributed by atoms with Gasteiger partial charge in [-0.05, 0) is 54.9 Å². The smallest absolute Gasteiger partial charge is 0.277 e. The molecule has 174 valence electrons. The van der Waals surface area contributed by atoms with E-state index in [4.69, 9.17) is 4.74 Å². The lowest BCUT2D eigenvalue weighted by atomic mass is 10.0. The van der Waals surface area contributed by atoms with Gasteiger partial charge in [-0.1, -0.05) is 26.0 Å². The second-order valence-electron chi connectivity index (χ2n) is 8.39. The van der Waals surface area contributed by atoms with E-state index in [-0.39, 0.29) is 11.8 Å². The number of anilines is 2. The van der Waals surface area contributed by atoms with E-state index in [0.29, 0.717) is 23.4 Å². The van der Waals surface area contributed by atoms with Crippen molar-refractivity contribution in [3.05, 3.63) is 59.8 Å². The average molecular weight is 449 g/mol. The minimum Gasteiger partial charge on any atom is -0.494 e. The van der Waals surface area contributed by atoms with Gasteiger partial charge in [-0.2, -0.15) is 0 Å². The highest BCUT2D eigenvalue weighted by Gasteiger charge is 2.36. The quantitative estimate of drug-likeness (QED) is 0.624. The molecule has 7 heteroatoms. The topological polar surface area (TPSA) is 65.1 Å². The Morgan fingerprint density at radius 2 is 1.55 bits per heavy atom. The number of nitrogens with one attached hydrogen (secondary N) is 1. The Bertz CT molecular complexity index is 1020. The third-order valence-electron chi connectivity index (χ3n) is 6.22. The monoisotopic (exact) mass is 448 g/mol. The van der Waals surface area contributed by atoms with Crippen molar-refractivity contribution in [2.45, 2.75) is 20.3 Å². The summed E-state index contributed by atoms with van der Waals surface area (Å²) in [7, 11) is 1.51. The van der Waals surface area contributed by atoms with Gasteiger partial charge in [0.15, 0.2) is 0 Å². The highest BCUT2D eigenvalue weighted by molar-refractivity contribution is 6.36. The van der Waals surface area contributed by atoms with E-state index in [0.717, 1.165) is 55.5 Å². The van der Waals surface area contributed by atoms with Gasteiger partial charge < -0.3 is 19.9 Å². The fourth-order valence-electron chi connectivity index (χ4n) is 4.19. The van der Waals surface area contributed by atoms with Crippen LogP contribution >= 0.6 is 0 Å². The molecule has 7 nitrogen and oxygen atoms in total. The number of likely N-dealkylation sites (N-methyl/N-ethyl adjacent to an activating group) is 2. The molecule has 0 saturated carbocycles. The molecule has 4 rings (SSSR count). The lowest BCUT2D eigenvalue weighted by molar-refractivity contribution is -0.135. The van der Waals surface area contributed by atoms with Crippen LogP contribution in [0.25, 0.3) is 5.57 Å². The molecule has 0 radical (unpaired) electrons. The summed E-state index contributed by atoms with van der Waals surface area (Å²) in [5, 5.41) is 3.20. The molecule has 2 aliphatic rings. The van der Waals surface area contributed by atoms with Crippen molar-refractivity contribution < 1.29 is 14.3 Å².